The predicted molar refractivity (Wildman–Crippen MR) is 68.9 cm³/mol. The highest BCUT2D eigenvalue weighted by atomic mass is 32.2. The lowest BCUT2D eigenvalue weighted by molar-refractivity contribution is 0.521. The molecule has 0 aliphatic heterocycles. The van der Waals surface area contributed by atoms with Crippen LogP contribution >= 0.6 is 0 Å². The minimum absolute atomic E-state index is 0.178. The summed E-state index contributed by atoms with van der Waals surface area (Å²) in [5.74, 6) is -0.555. The van der Waals surface area contributed by atoms with E-state index in [9.17, 15) is 12.8 Å². The maximum Gasteiger partial charge on any atom is 0.243 e. The van der Waals surface area contributed by atoms with Crippen molar-refractivity contribution < 1.29 is 12.8 Å². The number of nitrogens with one attached hydrogen (secondary N) is 1. The summed E-state index contributed by atoms with van der Waals surface area (Å²) in [6.45, 7) is 4.38. The molecule has 18 heavy (non-hydrogen) atoms. The summed E-state index contributed by atoms with van der Waals surface area (Å²) in [4.78, 5) is -0.331. The lowest BCUT2D eigenvalue weighted by Crippen LogP contribution is -2.29. The highest BCUT2D eigenvalue weighted by Gasteiger charge is 2.19. The van der Waals surface area contributed by atoms with Crippen LogP contribution in [0.15, 0.2) is 23.1 Å². The van der Waals surface area contributed by atoms with Gasteiger partial charge in [-0.25, -0.2) is 17.5 Å². The minimum atomic E-state index is -3.79. The van der Waals surface area contributed by atoms with Crippen LogP contribution in [0.5, 0.6) is 0 Å². The Bertz CT molecular complexity index is 503. The average molecular weight is 274 g/mol. The zero-order valence-corrected chi connectivity index (χ0v) is 11.4. The molecule has 1 rings (SSSR count). The first-order chi connectivity index (χ1) is 8.40. The molecule has 0 aliphatic rings. The zero-order chi connectivity index (χ0) is 13.8. The third-order valence-corrected chi connectivity index (χ3v) is 4.30. The maximum atomic E-state index is 13.7. The van der Waals surface area contributed by atoms with Crippen LogP contribution < -0.4 is 10.5 Å². The fourth-order valence-corrected chi connectivity index (χ4v) is 2.59. The Balaban J connectivity index is 2.91. The molecule has 0 aliphatic carbocycles. The number of benzene rings is 1. The first-order valence-corrected chi connectivity index (χ1v) is 7.37. The van der Waals surface area contributed by atoms with Crippen LogP contribution in [0.3, 0.4) is 0 Å². The molecule has 1 aromatic carbocycles. The van der Waals surface area contributed by atoms with Crippen LogP contribution in [-0.4, -0.2) is 15.0 Å². The minimum Gasteiger partial charge on any atom is -0.326 e. The van der Waals surface area contributed by atoms with Gasteiger partial charge in [-0.15, -0.1) is 0 Å². The van der Waals surface area contributed by atoms with Gasteiger partial charge in [-0.1, -0.05) is 26.3 Å². The highest BCUT2D eigenvalue weighted by molar-refractivity contribution is 7.89. The Kier molecular flexibility index (Phi) is 5.25. The molecular formula is C12H19FN2O2S. The van der Waals surface area contributed by atoms with Gasteiger partial charge in [-0.2, -0.15) is 0 Å². The topological polar surface area (TPSA) is 72.2 Å². The lowest BCUT2D eigenvalue weighted by atomic mass is 10.1. The molecule has 0 saturated carbocycles. The second kappa shape index (κ2) is 6.26. The summed E-state index contributed by atoms with van der Waals surface area (Å²) in [5.41, 5.74) is 5.93. The van der Waals surface area contributed by atoms with E-state index in [2.05, 4.69) is 4.72 Å². The summed E-state index contributed by atoms with van der Waals surface area (Å²) in [7, 11) is -3.79. The van der Waals surface area contributed by atoms with Crippen molar-refractivity contribution in [2.45, 2.75) is 31.7 Å². The maximum absolute atomic E-state index is 13.7. The van der Waals surface area contributed by atoms with Gasteiger partial charge in [0.15, 0.2) is 0 Å². The molecule has 102 valence electrons. The van der Waals surface area contributed by atoms with Gasteiger partial charge < -0.3 is 5.73 Å². The number of nitrogens with two attached hydrogens (primary N) is 1. The van der Waals surface area contributed by atoms with Crippen LogP contribution in [0.1, 0.15) is 25.8 Å². The Hall–Kier alpha value is -0.980. The third kappa shape index (κ3) is 3.76. The van der Waals surface area contributed by atoms with Crippen LogP contribution in [0.25, 0.3) is 0 Å². The van der Waals surface area contributed by atoms with Crippen molar-refractivity contribution in [1.29, 1.82) is 0 Å². The quantitative estimate of drug-likeness (QED) is 0.827. The smallest absolute Gasteiger partial charge is 0.243 e. The van der Waals surface area contributed by atoms with Gasteiger partial charge in [0.05, 0.1) is 0 Å². The van der Waals surface area contributed by atoms with Crippen molar-refractivity contribution in [3.63, 3.8) is 0 Å². The number of rotatable bonds is 6. The molecule has 4 nitrogen and oxygen atoms in total. The van der Waals surface area contributed by atoms with E-state index in [1.165, 1.54) is 12.1 Å². The van der Waals surface area contributed by atoms with Crippen molar-refractivity contribution >= 4 is 10.0 Å². The third-order valence-electron chi connectivity index (χ3n) is 2.84. The lowest BCUT2D eigenvalue weighted by Gasteiger charge is -2.11. The molecule has 0 spiro atoms. The van der Waals surface area contributed by atoms with Gasteiger partial charge >= 0.3 is 0 Å². The van der Waals surface area contributed by atoms with E-state index in [0.717, 1.165) is 12.5 Å². The predicted octanol–water partition coefficient (Wildman–Crippen LogP) is 1.61. The van der Waals surface area contributed by atoms with Gasteiger partial charge in [-0.05, 0) is 23.6 Å². The first kappa shape index (κ1) is 15.1. The van der Waals surface area contributed by atoms with E-state index in [1.54, 1.807) is 0 Å². The number of halogens is 1. The van der Waals surface area contributed by atoms with Crippen LogP contribution in [0, 0.1) is 11.7 Å². The van der Waals surface area contributed by atoms with Crippen molar-refractivity contribution in [2.24, 2.45) is 11.7 Å². The molecule has 0 bridgehead atoms. The Morgan fingerprint density at radius 1 is 1.44 bits per heavy atom. The van der Waals surface area contributed by atoms with Crippen LogP contribution in [0.4, 0.5) is 4.39 Å². The van der Waals surface area contributed by atoms with Gasteiger partial charge in [0, 0.05) is 13.1 Å². The SMILES string of the molecule is CCC(C)CNS(=O)(=O)c1ccc(CN)cc1F. The molecule has 1 aromatic rings. The zero-order valence-electron chi connectivity index (χ0n) is 10.6. The second-order valence-corrected chi connectivity index (χ2v) is 6.07. The van der Waals surface area contributed by atoms with E-state index in [-0.39, 0.29) is 17.4 Å². The summed E-state index contributed by atoms with van der Waals surface area (Å²) in [6, 6.07) is 3.91. The first-order valence-electron chi connectivity index (χ1n) is 5.88. The van der Waals surface area contributed by atoms with Gasteiger partial charge in [0.25, 0.3) is 0 Å². The second-order valence-electron chi connectivity index (χ2n) is 4.33. The van der Waals surface area contributed by atoms with Crippen molar-refractivity contribution in [3.05, 3.63) is 29.6 Å². The normalized spacial score (nSPS) is 13.6. The summed E-state index contributed by atoms with van der Waals surface area (Å²) in [5, 5.41) is 0. The van der Waals surface area contributed by atoms with E-state index in [0.29, 0.717) is 12.1 Å². The molecule has 0 aromatic heterocycles. The molecule has 0 saturated heterocycles. The fraction of sp³-hybridized carbons (Fsp3) is 0.500. The van der Waals surface area contributed by atoms with Gasteiger partial charge in [0.2, 0.25) is 10.0 Å². The van der Waals surface area contributed by atoms with Gasteiger partial charge in [-0.3, -0.25) is 0 Å². The van der Waals surface area contributed by atoms with E-state index in [4.69, 9.17) is 5.73 Å². The number of hydrogen-bond donors (Lipinski definition) is 2. The van der Waals surface area contributed by atoms with E-state index < -0.39 is 15.8 Å². The molecule has 0 radical (unpaired) electrons. The molecule has 0 fully saturated rings. The molecule has 3 N–H and O–H groups in total. The average Bonchev–Trinajstić information content (AvgIpc) is 2.35. The monoisotopic (exact) mass is 274 g/mol. The van der Waals surface area contributed by atoms with Crippen molar-refractivity contribution in [1.82, 2.24) is 4.72 Å². The Morgan fingerprint density at radius 2 is 2.11 bits per heavy atom. The Morgan fingerprint density at radius 3 is 2.61 bits per heavy atom. The number of hydrogen-bond acceptors (Lipinski definition) is 3. The van der Waals surface area contributed by atoms with Crippen molar-refractivity contribution in [3.8, 4) is 0 Å². The molecule has 1 atom stereocenters. The molecule has 6 heteroatoms. The van der Waals surface area contributed by atoms with E-state index in [1.807, 2.05) is 13.8 Å². The van der Waals surface area contributed by atoms with Crippen LogP contribution in [0.2, 0.25) is 0 Å². The molecule has 0 heterocycles. The fourth-order valence-electron chi connectivity index (χ4n) is 1.36. The summed E-state index contributed by atoms with van der Waals surface area (Å²) >= 11 is 0. The summed E-state index contributed by atoms with van der Waals surface area (Å²) < 4.78 is 39.9. The molecule has 1 unspecified atom stereocenters. The molecular weight excluding hydrogens is 255 g/mol. The number of sulfonamides is 1. The molecule has 0 amide bonds. The standard InChI is InChI=1S/C12H19FN2O2S/c1-3-9(2)8-15-18(16,17)12-5-4-10(7-14)6-11(12)13/h4-6,9,15H,3,7-8,14H2,1-2H3. The van der Waals surface area contributed by atoms with Gasteiger partial charge in [0.1, 0.15) is 10.7 Å². The highest BCUT2D eigenvalue weighted by Crippen LogP contribution is 2.16. The Labute approximate surface area is 107 Å². The van der Waals surface area contributed by atoms with E-state index >= 15 is 0 Å². The van der Waals surface area contributed by atoms with Crippen LogP contribution in [-0.2, 0) is 16.6 Å². The van der Waals surface area contributed by atoms with Crippen molar-refractivity contribution in [2.75, 3.05) is 6.54 Å². The largest absolute Gasteiger partial charge is 0.326 e. The summed E-state index contributed by atoms with van der Waals surface area (Å²) in [6.07, 6.45) is 0.858.